The summed E-state index contributed by atoms with van der Waals surface area (Å²) in [5.41, 5.74) is 1.88. The molecule has 0 unspecified atom stereocenters. The van der Waals surface area contributed by atoms with Crippen LogP contribution < -0.4 is 10.1 Å². The number of nitrogens with one attached hydrogen (secondary N) is 1. The monoisotopic (exact) mass is 397 g/mol. The van der Waals surface area contributed by atoms with E-state index in [9.17, 15) is 5.11 Å². The number of aliphatic hydroxyl groups is 1. The van der Waals surface area contributed by atoms with Gasteiger partial charge in [0.25, 0.3) is 0 Å². The van der Waals surface area contributed by atoms with Gasteiger partial charge < -0.3 is 19.9 Å². The lowest BCUT2D eigenvalue weighted by molar-refractivity contribution is -0.0808. The first-order valence-corrected chi connectivity index (χ1v) is 11.0. The minimum atomic E-state index is -0.430. The lowest BCUT2D eigenvalue weighted by Crippen LogP contribution is -2.45. The van der Waals surface area contributed by atoms with Crippen molar-refractivity contribution < 1.29 is 14.6 Å². The molecule has 29 heavy (non-hydrogen) atoms. The minimum absolute atomic E-state index is 0.213. The fourth-order valence-electron chi connectivity index (χ4n) is 4.61. The van der Waals surface area contributed by atoms with Gasteiger partial charge in [-0.15, -0.1) is 0 Å². The van der Waals surface area contributed by atoms with Crippen LogP contribution in [0.15, 0.2) is 48.5 Å². The Kier molecular flexibility index (Phi) is 8.10. The summed E-state index contributed by atoms with van der Waals surface area (Å²) in [6, 6.07) is 16.5. The van der Waals surface area contributed by atoms with Crippen molar-refractivity contribution in [2.24, 2.45) is 5.92 Å². The number of hydrogen-bond donors (Lipinski definition) is 2. The van der Waals surface area contributed by atoms with Gasteiger partial charge in [0, 0.05) is 31.7 Å². The summed E-state index contributed by atoms with van der Waals surface area (Å²) in [5.74, 6) is 2.14. The summed E-state index contributed by atoms with van der Waals surface area (Å²) >= 11 is 0. The molecule has 1 aliphatic rings. The fourth-order valence-corrected chi connectivity index (χ4v) is 4.61. The maximum Gasteiger partial charge on any atom is 0.133 e. The van der Waals surface area contributed by atoms with Gasteiger partial charge in [-0.05, 0) is 62.8 Å². The maximum atomic E-state index is 9.35. The van der Waals surface area contributed by atoms with E-state index in [1.54, 1.807) is 0 Å². The van der Waals surface area contributed by atoms with E-state index in [1.165, 1.54) is 5.56 Å². The van der Waals surface area contributed by atoms with E-state index in [4.69, 9.17) is 9.47 Å². The van der Waals surface area contributed by atoms with Crippen molar-refractivity contribution in [2.75, 3.05) is 26.8 Å². The molecule has 2 atom stereocenters. The number of rotatable bonds is 10. The van der Waals surface area contributed by atoms with Crippen LogP contribution in [0.1, 0.15) is 50.2 Å². The van der Waals surface area contributed by atoms with Crippen LogP contribution in [0.5, 0.6) is 11.5 Å². The van der Waals surface area contributed by atoms with Crippen LogP contribution in [0.2, 0.25) is 0 Å². The smallest absolute Gasteiger partial charge is 0.133 e. The predicted octanol–water partition coefficient (Wildman–Crippen LogP) is 5.05. The zero-order valence-corrected chi connectivity index (χ0v) is 17.8. The van der Waals surface area contributed by atoms with Gasteiger partial charge in [-0.3, -0.25) is 0 Å². The summed E-state index contributed by atoms with van der Waals surface area (Å²) in [5, 5.41) is 12.9. The largest absolute Gasteiger partial charge is 0.457 e. The van der Waals surface area contributed by atoms with Gasteiger partial charge in [-0.25, -0.2) is 0 Å². The third-order valence-corrected chi connectivity index (χ3v) is 6.19. The molecule has 2 N–H and O–H groups in total. The van der Waals surface area contributed by atoms with Crippen molar-refractivity contribution in [3.63, 3.8) is 0 Å². The molecule has 1 saturated heterocycles. The molecule has 4 nitrogen and oxygen atoms in total. The number of ether oxygens (including phenoxy) is 2. The molecule has 0 aliphatic carbocycles. The van der Waals surface area contributed by atoms with Crippen LogP contribution in [0.4, 0.5) is 0 Å². The molecule has 1 aliphatic heterocycles. The molecule has 0 spiro atoms. The van der Waals surface area contributed by atoms with Gasteiger partial charge in [0.1, 0.15) is 17.1 Å². The summed E-state index contributed by atoms with van der Waals surface area (Å²) in [4.78, 5) is 0. The standard InChI is InChI=1S/C25H35NO3/c1-3-20-11-4-6-14-23(20)29-24-15-7-5-13-22(24)25(28-2,16-8-9-18-27)21-12-10-17-26-19-21/h4-7,11,13-15,21,26-27H,3,8-10,12,16-19H2,1-2H3/t21-,25+/m1/s1. The molecule has 0 bridgehead atoms. The second kappa shape index (κ2) is 10.8. The molecule has 0 amide bonds. The van der Waals surface area contributed by atoms with E-state index in [2.05, 4.69) is 42.6 Å². The zero-order valence-electron chi connectivity index (χ0n) is 17.8. The van der Waals surface area contributed by atoms with Crippen LogP contribution in [0.25, 0.3) is 0 Å². The van der Waals surface area contributed by atoms with E-state index in [-0.39, 0.29) is 6.61 Å². The molecule has 158 valence electrons. The Labute approximate surface area is 175 Å². The van der Waals surface area contributed by atoms with Crippen molar-refractivity contribution in [2.45, 2.75) is 51.0 Å². The summed E-state index contributed by atoms with van der Waals surface area (Å²) in [6.07, 6.45) is 5.77. The fraction of sp³-hybridized carbons (Fsp3) is 0.520. The lowest BCUT2D eigenvalue weighted by atomic mass is 9.74. The number of para-hydroxylation sites is 2. The van der Waals surface area contributed by atoms with Crippen molar-refractivity contribution in [3.05, 3.63) is 59.7 Å². The van der Waals surface area contributed by atoms with Gasteiger partial charge in [-0.1, -0.05) is 43.3 Å². The molecular weight excluding hydrogens is 362 g/mol. The van der Waals surface area contributed by atoms with Crippen LogP contribution in [0.3, 0.4) is 0 Å². The number of unbranched alkanes of at least 4 members (excludes halogenated alkanes) is 1. The van der Waals surface area contributed by atoms with Crippen LogP contribution >= 0.6 is 0 Å². The van der Waals surface area contributed by atoms with Gasteiger partial charge in [0.15, 0.2) is 0 Å². The summed E-state index contributed by atoms with van der Waals surface area (Å²) in [7, 11) is 1.82. The first-order chi connectivity index (χ1) is 14.2. The molecule has 1 fully saturated rings. The average Bonchev–Trinajstić information content (AvgIpc) is 2.79. The predicted molar refractivity (Wildman–Crippen MR) is 118 cm³/mol. The van der Waals surface area contributed by atoms with Gasteiger partial charge in [0.2, 0.25) is 0 Å². The van der Waals surface area contributed by atoms with E-state index in [0.717, 1.165) is 68.7 Å². The molecule has 3 rings (SSSR count). The first kappa shape index (κ1) is 21.8. The van der Waals surface area contributed by atoms with Crippen molar-refractivity contribution in [1.82, 2.24) is 5.32 Å². The third-order valence-electron chi connectivity index (χ3n) is 6.19. The molecule has 1 heterocycles. The van der Waals surface area contributed by atoms with Crippen LogP contribution in [-0.2, 0) is 16.8 Å². The number of methoxy groups -OCH3 is 1. The topological polar surface area (TPSA) is 50.7 Å². The Balaban J connectivity index is 2.01. The van der Waals surface area contributed by atoms with Gasteiger partial charge >= 0.3 is 0 Å². The Morgan fingerprint density at radius 1 is 1.07 bits per heavy atom. The molecule has 2 aromatic rings. The molecule has 0 radical (unpaired) electrons. The molecule has 2 aromatic carbocycles. The van der Waals surface area contributed by atoms with Crippen molar-refractivity contribution in [3.8, 4) is 11.5 Å². The van der Waals surface area contributed by atoms with E-state index >= 15 is 0 Å². The van der Waals surface area contributed by atoms with Crippen molar-refractivity contribution in [1.29, 1.82) is 0 Å². The van der Waals surface area contributed by atoms with E-state index in [0.29, 0.717) is 5.92 Å². The lowest BCUT2D eigenvalue weighted by Gasteiger charge is -2.43. The highest BCUT2D eigenvalue weighted by Crippen LogP contribution is 2.46. The zero-order chi connectivity index (χ0) is 20.5. The number of aryl methyl sites for hydroxylation is 1. The van der Waals surface area contributed by atoms with E-state index < -0.39 is 5.60 Å². The number of piperidine rings is 1. The van der Waals surface area contributed by atoms with Gasteiger partial charge in [-0.2, -0.15) is 0 Å². The number of hydrogen-bond acceptors (Lipinski definition) is 4. The van der Waals surface area contributed by atoms with Gasteiger partial charge in [0.05, 0.1) is 0 Å². The van der Waals surface area contributed by atoms with E-state index in [1.807, 2.05) is 25.3 Å². The van der Waals surface area contributed by atoms with Crippen LogP contribution in [-0.4, -0.2) is 31.9 Å². The average molecular weight is 398 g/mol. The maximum absolute atomic E-state index is 9.35. The summed E-state index contributed by atoms with van der Waals surface area (Å²) < 4.78 is 12.8. The SMILES string of the molecule is CCc1ccccc1Oc1ccccc1[C@@](CCCCO)(OC)[C@@H]1CCCNC1. The quantitative estimate of drug-likeness (QED) is 0.551. The second-order valence-electron chi connectivity index (χ2n) is 7.88. The molecule has 0 saturated carbocycles. The normalized spacial score (nSPS) is 18.9. The minimum Gasteiger partial charge on any atom is -0.457 e. The number of benzene rings is 2. The molecule has 0 aromatic heterocycles. The highest BCUT2D eigenvalue weighted by molar-refractivity contribution is 5.44. The Morgan fingerprint density at radius 3 is 2.52 bits per heavy atom. The molecule has 4 heteroatoms. The Morgan fingerprint density at radius 2 is 1.83 bits per heavy atom. The van der Waals surface area contributed by atoms with Crippen molar-refractivity contribution >= 4 is 0 Å². The number of aliphatic hydroxyl groups excluding tert-OH is 1. The molecular formula is C25H35NO3. The highest BCUT2D eigenvalue weighted by Gasteiger charge is 2.42. The Hall–Kier alpha value is -1.88. The summed E-state index contributed by atoms with van der Waals surface area (Å²) in [6.45, 7) is 4.36. The third kappa shape index (κ3) is 5.00. The second-order valence-corrected chi connectivity index (χ2v) is 7.88. The van der Waals surface area contributed by atoms with Crippen LogP contribution in [0, 0.1) is 5.92 Å². The Bertz CT molecular complexity index is 757. The highest BCUT2D eigenvalue weighted by atomic mass is 16.5. The first-order valence-electron chi connectivity index (χ1n) is 11.0.